The number of carbonyl (C=O) groups is 1. The van der Waals surface area contributed by atoms with Gasteiger partial charge in [0.15, 0.2) is 0 Å². The summed E-state index contributed by atoms with van der Waals surface area (Å²) in [6.45, 7) is 6.27. The lowest BCUT2D eigenvalue weighted by Gasteiger charge is -2.43. The Balaban J connectivity index is 1.97. The predicted molar refractivity (Wildman–Crippen MR) is 117 cm³/mol. The molecule has 0 radical (unpaired) electrons. The fourth-order valence-electron chi connectivity index (χ4n) is 3.43. The third-order valence-corrected chi connectivity index (χ3v) is 8.56. The lowest BCUT2D eigenvalue weighted by Crippen LogP contribution is -2.47. The molecule has 0 spiro atoms. The normalized spacial score (nSPS) is 14.7. The monoisotopic (exact) mass is 461 g/mol. The van der Waals surface area contributed by atoms with Gasteiger partial charge in [-0.05, 0) is 57.2 Å². The second kappa shape index (κ2) is 6.37. The molecule has 0 bridgehead atoms. The number of amides is 1. The molecule has 132 valence electrons. The van der Waals surface area contributed by atoms with Crippen LogP contribution in [0.25, 0.3) is 11.1 Å². The first-order valence-corrected chi connectivity index (χ1v) is 11.5. The van der Waals surface area contributed by atoms with Crippen LogP contribution in [0.2, 0.25) is 0 Å². The van der Waals surface area contributed by atoms with Crippen molar-refractivity contribution in [1.82, 2.24) is 0 Å². The van der Waals surface area contributed by atoms with E-state index in [0.717, 1.165) is 35.6 Å². The minimum atomic E-state index is -0.458. The minimum Gasteiger partial charge on any atom is -0.297 e. The quantitative estimate of drug-likeness (QED) is 0.282. The molecule has 0 saturated heterocycles. The van der Waals surface area contributed by atoms with Crippen molar-refractivity contribution in [3.8, 4) is 11.1 Å². The summed E-state index contributed by atoms with van der Waals surface area (Å²) in [6.07, 6.45) is 0. The van der Waals surface area contributed by atoms with E-state index in [4.69, 9.17) is 12.2 Å². The highest BCUT2D eigenvalue weighted by atomic mass is 79.9. The average molecular weight is 462 g/mol. The van der Waals surface area contributed by atoms with Crippen LogP contribution in [0, 0.1) is 10.7 Å². The number of benzene rings is 2. The number of anilines is 1. The summed E-state index contributed by atoms with van der Waals surface area (Å²) < 4.78 is 1.86. The number of carbonyl (C=O) groups excluding carboxylic acids is 1. The summed E-state index contributed by atoms with van der Waals surface area (Å²) in [5.41, 5.74) is 4.50. The van der Waals surface area contributed by atoms with Crippen molar-refractivity contribution in [2.24, 2.45) is 0 Å². The van der Waals surface area contributed by atoms with Crippen LogP contribution in [-0.2, 0) is 5.54 Å². The van der Waals surface area contributed by atoms with Crippen molar-refractivity contribution in [2.45, 2.75) is 26.3 Å². The number of rotatable bonds is 1. The summed E-state index contributed by atoms with van der Waals surface area (Å²) in [4.78, 5) is 16.6. The first-order chi connectivity index (χ1) is 12.3. The molecule has 0 saturated carbocycles. The van der Waals surface area contributed by atoms with Crippen molar-refractivity contribution in [3.05, 3.63) is 66.8 Å². The second-order valence-corrected chi connectivity index (χ2v) is 10.6. The lowest BCUT2D eigenvalue weighted by atomic mass is 9.86. The molecule has 2 aromatic carbocycles. The molecule has 26 heavy (non-hydrogen) atoms. The number of fused-ring (bicyclic) bond motifs is 3. The molecule has 1 aliphatic rings. The van der Waals surface area contributed by atoms with Gasteiger partial charge < -0.3 is 0 Å². The van der Waals surface area contributed by atoms with Crippen LogP contribution in [0.1, 0.15) is 34.6 Å². The van der Waals surface area contributed by atoms with Gasteiger partial charge in [-0.2, -0.15) is 0 Å². The largest absolute Gasteiger partial charge is 0.297 e. The Morgan fingerprint density at radius 1 is 1.12 bits per heavy atom. The van der Waals surface area contributed by atoms with Crippen molar-refractivity contribution < 1.29 is 4.79 Å². The van der Waals surface area contributed by atoms with Crippen LogP contribution >= 0.6 is 48.8 Å². The predicted octanol–water partition coefficient (Wildman–Crippen LogP) is 7.17. The molecule has 2 heterocycles. The number of halogens is 1. The highest BCUT2D eigenvalue weighted by Crippen LogP contribution is 2.52. The van der Waals surface area contributed by atoms with E-state index in [9.17, 15) is 4.79 Å². The lowest BCUT2D eigenvalue weighted by molar-refractivity contribution is 0.0961. The number of aryl methyl sites for hydroxylation is 1. The standard InChI is InChI=1S/C20H16BrNOS3/c1-11-4-9-15-14(10-11)16-17(25-26-19(16)24)20(2,3)22(15)18(23)12-5-7-13(21)8-6-12/h4-10H,1-3H3. The molecule has 0 unspecified atom stereocenters. The molecule has 0 atom stereocenters. The average Bonchev–Trinajstić information content (AvgIpc) is 2.99. The zero-order chi connectivity index (χ0) is 18.6. The SMILES string of the molecule is Cc1ccc2c(c1)-c1c(ssc1=S)C(C)(C)N2C(=O)c1ccc(Br)cc1. The summed E-state index contributed by atoms with van der Waals surface area (Å²) in [5.74, 6) is 0.00238. The van der Waals surface area contributed by atoms with Gasteiger partial charge in [-0.25, -0.2) is 0 Å². The fourth-order valence-corrected chi connectivity index (χ4v) is 6.97. The van der Waals surface area contributed by atoms with E-state index in [1.165, 1.54) is 0 Å². The molecule has 3 aromatic rings. The van der Waals surface area contributed by atoms with E-state index in [0.29, 0.717) is 5.56 Å². The van der Waals surface area contributed by atoms with Crippen LogP contribution in [-0.4, -0.2) is 5.91 Å². The van der Waals surface area contributed by atoms with Crippen LogP contribution in [0.5, 0.6) is 0 Å². The van der Waals surface area contributed by atoms with Gasteiger partial charge in [0, 0.05) is 21.2 Å². The zero-order valence-corrected chi connectivity index (χ0v) is 18.5. The maximum absolute atomic E-state index is 13.5. The second-order valence-electron chi connectivity index (χ2n) is 6.89. The highest BCUT2D eigenvalue weighted by Gasteiger charge is 2.43. The summed E-state index contributed by atoms with van der Waals surface area (Å²) in [7, 11) is 3.30. The van der Waals surface area contributed by atoms with Crippen molar-refractivity contribution in [3.63, 3.8) is 0 Å². The van der Waals surface area contributed by atoms with Gasteiger partial charge in [0.1, 0.15) is 3.82 Å². The van der Waals surface area contributed by atoms with Crippen molar-refractivity contribution in [1.29, 1.82) is 0 Å². The smallest absolute Gasteiger partial charge is 0.259 e. The van der Waals surface area contributed by atoms with Gasteiger partial charge in [0.05, 0.1) is 16.1 Å². The molecule has 0 aliphatic carbocycles. The number of hydrogen-bond donors (Lipinski definition) is 0. The van der Waals surface area contributed by atoms with Crippen LogP contribution < -0.4 is 4.90 Å². The molecule has 0 fully saturated rings. The third kappa shape index (κ3) is 2.71. The molecular formula is C20H16BrNOS3. The summed E-state index contributed by atoms with van der Waals surface area (Å²) in [6, 6.07) is 13.8. The molecule has 4 rings (SSSR count). The summed E-state index contributed by atoms with van der Waals surface area (Å²) >= 11 is 9.06. The van der Waals surface area contributed by atoms with Gasteiger partial charge in [0.2, 0.25) is 0 Å². The molecule has 1 aromatic heterocycles. The van der Waals surface area contributed by atoms with Gasteiger partial charge in [0.25, 0.3) is 5.91 Å². The summed E-state index contributed by atoms with van der Waals surface area (Å²) in [5, 5.41) is 0. The molecule has 2 nitrogen and oxygen atoms in total. The Kier molecular flexibility index (Phi) is 4.42. The number of hydrogen-bond acceptors (Lipinski definition) is 4. The Hall–Kier alpha value is -1.34. The van der Waals surface area contributed by atoms with Crippen LogP contribution in [0.4, 0.5) is 5.69 Å². The van der Waals surface area contributed by atoms with Crippen molar-refractivity contribution >= 4 is 60.4 Å². The van der Waals surface area contributed by atoms with Gasteiger partial charge in [-0.15, -0.1) is 0 Å². The van der Waals surface area contributed by atoms with Gasteiger partial charge >= 0.3 is 0 Å². The highest BCUT2D eigenvalue weighted by molar-refractivity contribution is 9.10. The topological polar surface area (TPSA) is 20.3 Å². The van der Waals surface area contributed by atoms with Crippen LogP contribution in [0.3, 0.4) is 0 Å². The molecule has 1 aliphatic heterocycles. The maximum atomic E-state index is 13.5. The van der Waals surface area contributed by atoms with Gasteiger partial charge in [-0.3, -0.25) is 9.69 Å². The van der Waals surface area contributed by atoms with Gasteiger partial charge in [-0.1, -0.05) is 60.5 Å². The Labute approximate surface area is 173 Å². The van der Waals surface area contributed by atoms with E-state index < -0.39 is 5.54 Å². The molecule has 6 heteroatoms. The Morgan fingerprint density at radius 3 is 2.50 bits per heavy atom. The first-order valence-electron chi connectivity index (χ1n) is 8.15. The zero-order valence-electron chi connectivity index (χ0n) is 14.5. The van der Waals surface area contributed by atoms with E-state index >= 15 is 0 Å². The molecule has 1 amide bonds. The van der Waals surface area contributed by atoms with E-state index in [2.05, 4.69) is 48.8 Å². The minimum absolute atomic E-state index is 0.00238. The molecular weight excluding hydrogens is 446 g/mol. The Bertz CT molecular complexity index is 1080. The number of nitrogens with zero attached hydrogens (tertiary/aromatic N) is 1. The Morgan fingerprint density at radius 2 is 1.81 bits per heavy atom. The maximum Gasteiger partial charge on any atom is 0.259 e. The van der Waals surface area contributed by atoms with E-state index in [1.807, 2.05) is 35.2 Å². The van der Waals surface area contributed by atoms with E-state index in [-0.39, 0.29) is 5.91 Å². The first kappa shape index (κ1) is 18.0. The molecule has 0 N–H and O–H groups in total. The third-order valence-electron chi connectivity index (χ3n) is 4.70. The van der Waals surface area contributed by atoms with E-state index in [1.54, 1.807) is 20.7 Å². The van der Waals surface area contributed by atoms with Crippen LogP contribution in [0.15, 0.2) is 46.9 Å². The fraction of sp³-hybridized carbons (Fsp3) is 0.200. The van der Waals surface area contributed by atoms with Crippen molar-refractivity contribution in [2.75, 3.05) is 4.90 Å².